The second-order valence-corrected chi connectivity index (χ2v) is 9.41. The van der Waals surface area contributed by atoms with E-state index in [1.165, 1.54) is 19.9 Å². The quantitative estimate of drug-likeness (QED) is 0.723. The lowest BCUT2D eigenvalue weighted by Crippen LogP contribution is -2.54. The molecule has 0 unspecified atom stereocenters. The van der Waals surface area contributed by atoms with Gasteiger partial charge < -0.3 is 14.7 Å². The normalized spacial score (nSPS) is 18.6. The Balaban J connectivity index is 1.72. The van der Waals surface area contributed by atoms with Crippen molar-refractivity contribution in [2.75, 3.05) is 37.6 Å². The van der Waals surface area contributed by atoms with Crippen molar-refractivity contribution in [1.29, 1.82) is 0 Å². The van der Waals surface area contributed by atoms with Gasteiger partial charge in [0, 0.05) is 51.8 Å². The van der Waals surface area contributed by atoms with Crippen molar-refractivity contribution in [1.82, 2.24) is 14.5 Å². The van der Waals surface area contributed by atoms with Crippen LogP contribution in [-0.4, -0.2) is 74.7 Å². The van der Waals surface area contributed by atoms with Gasteiger partial charge in [0.1, 0.15) is 0 Å². The Labute approximate surface area is 177 Å². The van der Waals surface area contributed by atoms with Crippen molar-refractivity contribution >= 4 is 33.4 Å². The van der Waals surface area contributed by atoms with Gasteiger partial charge in [0.05, 0.1) is 10.9 Å². The van der Waals surface area contributed by atoms with Crippen LogP contribution in [0.1, 0.15) is 32.3 Å². The average molecular weight is 437 g/mol. The minimum Gasteiger partial charge on any atom is -0.339 e. The smallest absolute Gasteiger partial charge is 0.241 e. The van der Waals surface area contributed by atoms with Gasteiger partial charge in [-0.3, -0.25) is 14.4 Å². The first-order valence-electron chi connectivity index (χ1n) is 10.1. The zero-order chi connectivity index (χ0) is 22.1. The molecule has 1 N–H and O–H groups in total. The van der Waals surface area contributed by atoms with Crippen molar-refractivity contribution in [3.05, 3.63) is 23.8 Å². The second kappa shape index (κ2) is 8.73. The lowest BCUT2D eigenvalue weighted by atomic mass is 10.2. The third-order valence-electron chi connectivity index (χ3n) is 5.65. The van der Waals surface area contributed by atoms with Gasteiger partial charge in [-0.25, -0.2) is 8.42 Å². The third-order valence-corrected chi connectivity index (χ3v) is 7.33. The third kappa shape index (κ3) is 4.49. The first-order chi connectivity index (χ1) is 14.1. The molecule has 2 aliphatic rings. The molecule has 1 aromatic rings. The van der Waals surface area contributed by atoms with Crippen LogP contribution in [0.15, 0.2) is 23.1 Å². The number of piperazine rings is 1. The Bertz CT molecular complexity index is 954. The van der Waals surface area contributed by atoms with E-state index in [4.69, 9.17) is 0 Å². The summed E-state index contributed by atoms with van der Waals surface area (Å²) in [6.45, 7) is 6.85. The zero-order valence-electron chi connectivity index (χ0n) is 17.6. The summed E-state index contributed by atoms with van der Waals surface area (Å²) in [5.74, 6) is -0.387. The molecule has 0 saturated carbocycles. The lowest BCUT2D eigenvalue weighted by molar-refractivity contribution is -0.139. The van der Waals surface area contributed by atoms with Gasteiger partial charge in [0.15, 0.2) is 0 Å². The van der Waals surface area contributed by atoms with E-state index >= 15 is 0 Å². The fraction of sp³-hybridized carbons (Fsp3) is 0.550. The number of benzene rings is 1. The highest BCUT2D eigenvalue weighted by molar-refractivity contribution is 7.89. The number of amides is 3. The predicted octanol–water partition coefficient (Wildman–Crippen LogP) is 0.479. The maximum Gasteiger partial charge on any atom is 0.241 e. The van der Waals surface area contributed by atoms with Crippen LogP contribution in [0.2, 0.25) is 0 Å². The maximum atomic E-state index is 13.0. The van der Waals surface area contributed by atoms with E-state index < -0.39 is 16.1 Å². The van der Waals surface area contributed by atoms with Crippen molar-refractivity contribution in [3.8, 4) is 0 Å². The molecule has 2 aliphatic heterocycles. The summed E-state index contributed by atoms with van der Waals surface area (Å²) in [5.41, 5.74) is 1.06. The largest absolute Gasteiger partial charge is 0.339 e. The molecule has 1 aromatic carbocycles. The molecule has 0 aromatic heterocycles. The standard InChI is InChI=1S/C20H28N4O5S/c1-14-17(24-9-5-8-19(24)26)6-4-7-18(14)30(28,29)21-15(2)20(27)23-12-10-22(11-13-23)16(3)25/h4,6-7,15,21H,5,8-13H2,1-3H3/t15-/m0/s1. The van der Waals surface area contributed by atoms with Crippen LogP contribution in [0.3, 0.4) is 0 Å². The number of nitrogens with one attached hydrogen (secondary N) is 1. The summed E-state index contributed by atoms with van der Waals surface area (Å²) in [4.78, 5) is 41.1. The molecule has 2 saturated heterocycles. The molecule has 2 heterocycles. The van der Waals surface area contributed by atoms with Crippen molar-refractivity contribution < 1.29 is 22.8 Å². The monoisotopic (exact) mass is 436 g/mol. The Hall–Kier alpha value is -2.46. The number of hydrogen-bond acceptors (Lipinski definition) is 5. The molecule has 9 nitrogen and oxygen atoms in total. The molecule has 0 spiro atoms. The van der Waals surface area contributed by atoms with Crippen LogP contribution in [0, 0.1) is 6.92 Å². The number of nitrogens with zero attached hydrogens (tertiary/aromatic N) is 3. The van der Waals surface area contributed by atoms with Gasteiger partial charge in [-0.05, 0) is 38.0 Å². The first-order valence-corrected chi connectivity index (χ1v) is 11.6. The average Bonchev–Trinajstić information content (AvgIpc) is 3.12. The van der Waals surface area contributed by atoms with Crippen LogP contribution >= 0.6 is 0 Å². The van der Waals surface area contributed by atoms with E-state index in [2.05, 4.69) is 4.72 Å². The molecule has 10 heteroatoms. The number of carbonyl (C=O) groups excluding carboxylic acids is 3. The molecule has 0 bridgehead atoms. The molecule has 1 atom stereocenters. The van der Waals surface area contributed by atoms with E-state index in [0.717, 1.165) is 6.42 Å². The topological polar surface area (TPSA) is 107 Å². The van der Waals surface area contributed by atoms with E-state index in [9.17, 15) is 22.8 Å². The SMILES string of the molecule is CC(=O)N1CCN(C(=O)[C@H](C)NS(=O)(=O)c2cccc(N3CCCC3=O)c2C)CC1. The van der Waals surface area contributed by atoms with Crippen LogP contribution in [0.25, 0.3) is 0 Å². The molecular weight excluding hydrogens is 408 g/mol. The predicted molar refractivity (Wildman–Crippen MR) is 111 cm³/mol. The number of anilines is 1. The number of hydrogen-bond donors (Lipinski definition) is 1. The maximum absolute atomic E-state index is 13.0. The Kier molecular flexibility index (Phi) is 6.47. The van der Waals surface area contributed by atoms with Crippen LogP contribution in [0.4, 0.5) is 5.69 Å². The first kappa shape index (κ1) is 22.2. The molecule has 2 fully saturated rings. The van der Waals surface area contributed by atoms with Crippen LogP contribution < -0.4 is 9.62 Å². The van der Waals surface area contributed by atoms with Crippen LogP contribution in [-0.2, 0) is 24.4 Å². The number of sulfonamides is 1. The van der Waals surface area contributed by atoms with E-state index in [1.54, 1.807) is 33.8 Å². The van der Waals surface area contributed by atoms with Gasteiger partial charge in [0.2, 0.25) is 27.7 Å². The molecule has 3 rings (SSSR count). The van der Waals surface area contributed by atoms with Crippen LogP contribution in [0.5, 0.6) is 0 Å². The fourth-order valence-electron chi connectivity index (χ4n) is 3.95. The molecule has 0 radical (unpaired) electrons. The summed E-state index contributed by atoms with van der Waals surface area (Å²) in [6, 6.07) is 3.87. The summed E-state index contributed by atoms with van der Waals surface area (Å²) in [6.07, 6.45) is 1.20. The molecule has 30 heavy (non-hydrogen) atoms. The Morgan fingerprint density at radius 2 is 1.70 bits per heavy atom. The molecular formula is C20H28N4O5S. The van der Waals surface area contributed by atoms with Gasteiger partial charge in [0.25, 0.3) is 0 Å². The Morgan fingerprint density at radius 3 is 2.27 bits per heavy atom. The minimum atomic E-state index is -3.97. The molecule has 3 amide bonds. The lowest BCUT2D eigenvalue weighted by Gasteiger charge is -2.35. The van der Waals surface area contributed by atoms with Gasteiger partial charge in [-0.15, -0.1) is 0 Å². The van der Waals surface area contributed by atoms with Crippen molar-refractivity contribution in [3.63, 3.8) is 0 Å². The van der Waals surface area contributed by atoms with E-state index in [1.807, 2.05) is 0 Å². The van der Waals surface area contributed by atoms with E-state index in [0.29, 0.717) is 50.4 Å². The summed E-state index contributed by atoms with van der Waals surface area (Å²) >= 11 is 0. The van der Waals surface area contributed by atoms with Gasteiger partial charge in [-0.1, -0.05) is 6.07 Å². The highest BCUT2D eigenvalue weighted by Gasteiger charge is 2.31. The number of rotatable bonds is 5. The van der Waals surface area contributed by atoms with Crippen molar-refractivity contribution in [2.45, 2.75) is 44.6 Å². The fourth-order valence-corrected chi connectivity index (χ4v) is 5.41. The van der Waals surface area contributed by atoms with Gasteiger partial charge in [-0.2, -0.15) is 4.72 Å². The Morgan fingerprint density at radius 1 is 1.07 bits per heavy atom. The molecule has 0 aliphatic carbocycles. The zero-order valence-corrected chi connectivity index (χ0v) is 18.4. The second-order valence-electron chi connectivity index (χ2n) is 7.72. The summed E-state index contributed by atoms with van der Waals surface area (Å²) in [7, 11) is -3.97. The molecule has 164 valence electrons. The van der Waals surface area contributed by atoms with Gasteiger partial charge >= 0.3 is 0 Å². The van der Waals surface area contributed by atoms with Crippen molar-refractivity contribution in [2.24, 2.45) is 0 Å². The highest BCUT2D eigenvalue weighted by atomic mass is 32.2. The summed E-state index contributed by atoms with van der Waals surface area (Å²) in [5, 5.41) is 0. The highest BCUT2D eigenvalue weighted by Crippen LogP contribution is 2.29. The van der Waals surface area contributed by atoms with E-state index in [-0.39, 0.29) is 22.6 Å². The summed E-state index contributed by atoms with van der Waals surface area (Å²) < 4.78 is 28.5. The number of carbonyl (C=O) groups is 3. The minimum absolute atomic E-state index is 0.0196.